The molecule has 0 aliphatic carbocycles. The molecule has 0 unspecified atom stereocenters. The number of ether oxygens (including phenoxy) is 1. The van der Waals surface area contributed by atoms with Gasteiger partial charge >= 0.3 is 0 Å². The van der Waals surface area contributed by atoms with Gasteiger partial charge in [-0.25, -0.2) is 0 Å². The highest BCUT2D eigenvalue weighted by atomic mass is 16.5. The van der Waals surface area contributed by atoms with Crippen molar-refractivity contribution in [2.75, 3.05) is 7.11 Å². The molecule has 0 spiro atoms. The summed E-state index contributed by atoms with van der Waals surface area (Å²) in [7, 11) is 1.58. The van der Waals surface area contributed by atoms with Gasteiger partial charge in [0.05, 0.1) is 7.11 Å². The van der Waals surface area contributed by atoms with Crippen molar-refractivity contribution in [3.63, 3.8) is 0 Å². The van der Waals surface area contributed by atoms with Gasteiger partial charge in [-0.3, -0.25) is 9.59 Å². The number of para-hydroxylation sites is 1. The SMILES string of the molecule is COc1ccccc1/C=C/C(=O)NCc1c(C)cc(C)[nH]c1=O. The van der Waals surface area contributed by atoms with Gasteiger partial charge in [-0.05, 0) is 37.6 Å². The molecule has 1 amide bonds. The first-order valence-corrected chi connectivity index (χ1v) is 7.29. The number of benzene rings is 1. The lowest BCUT2D eigenvalue weighted by atomic mass is 10.1. The summed E-state index contributed by atoms with van der Waals surface area (Å²) in [5.41, 5.74) is 2.87. The summed E-state index contributed by atoms with van der Waals surface area (Å²) in [6.07, 6.45) is 3.11. The maximum Gasteiger partial charge on any atom is 0.253 e. The van der Waals surface area contributed by atoms with E-state index in [1.165, 1.54) is 6.08 Å². The normalized spacial score (nSPS) is 10.7. The van der Waals surface area contributed by atoms with E-state index in [0.717, 1.165) is 16.8 Å². The van der Waals surface area contributed by atoms with E-state index < -0.39 is 0 Å². The maximum atomic E-state index is 11.9. The summed E-state index contributed by atoms with van der Waals surface area (Å²) in [5.74, 6) is 0.428. The Morgan fingerprint density at radius 2 is 2.04 bits per heavy atom. The summed E-state index contributed by atoms with van der Waals surface area (Å²) in [4.78, 5) is 26.6. The van der Waals surface area contributed by atoms with Crippen LogP contribution in [0.4, 0.5) is 0 Å². The number of hydrogen-bond donors (Lipinski definition) is 2. The van der Waals surface area contributed by atoms with Crippen LogP contribution in [0, 0.1) is 13.8 Å². The van der Waals surface area contributed by atoms with Gasteiger partial charge in [0.15, 0.2) is 0 Å². The third kappa shape index (κ3) is 4.32. The second-order valence-electron chi connectivity index (χ2n) is 5.24. The monoisotopic (exact) mass is 312 g/mol. The summed E-state index contributed by atoms with van der Waals surface area (Å²) >= 11 is 0. The van der Waals surface area contributed by atoms with Gasteiger partial charge in [-0.1, -0.05) is 18.2 Å². The summed E-state index contributed by atoms with van der Waals surface area (Å²) in [6.45, 7) is 3.87. The van der Waals surface area contributed by atoms with Gasteiger partial charge < -0.3 is 15.0 Å². The van der Waals surface area contributed by atoms with E-state index in [2.05, 4.69) is 10.3 Å². The van der Waals surface area contributed by atoms with Crippen LogP contribution in [0.2, 0.25) is 0 Å². The summed E-state index contributed by atoms with van der Waals surface area (Å²) < 4.78 is 5.22. The number of aromatic nitrogens is 1. The molecule has 1 heterocycles. The average Bonchev–Trinajstić information content (AvgIpc) is 2.52. The van der Waals surface area contributed by atoms with Crippen molar-refractivity contribution in [3.05, 3.63) is 69.1 Å². The number of methoxy groups -OCH3 is 1. The first-order chi connectivity index (χ1) is 11.0. The topological polar surface area (TPSA) is 71.2 Å². The van der Waals surface area contributed by atoms with Gasteiger partial charge in [0.1, 0.15) is 5.75 Å². The number of hydrogen-bond acceptors (Lipinski definition) is 3. The van der Waals surface area contributed by atoms with Crippen molar-refractivity contribution in [1.82, 2.24) is 10.3 Å². The Bertz CT molecular complexity index is 791. The van der Waals surface area contributed by atoms with Crippen molar-refractivity contribution in [1.29, 1.82) is 0 Å². The van der Waals surface area contributed by atoms with E-state index in [-0.39, 0.29) is 18.0 Å². The zero-order chi connectivity index (χ0) is 16.8. The highest BCUT2D eigenvalue weighted by molar-refractivity contribution is 5.92. The molecule has 0 aliphatic heterocycles. The largest absolute Gasteiger partial charge is 0.496 e. The molecule has 0 fully saturated rings. The van der Waals surface area contributed by atoms with Crippen LogP contribution in [0.1, 0.15) is 22.4 Å². The van der Waals surface area contributed by atoms with Gasteiger partial charge in [0, 0.05) is 29.4 Å². The molecule has 0 aliphatic rings. The van der Waals surface area contributed by atoms with Gasteiger partial charge in [-0.2, -0.15) is 0 Å². The Morgan fingerprint density at radius 3 is 2.74 bits per heavy atom. The fraction of sp³-hybridized carbons (Fsp3) is 0.222. The lowest BCUT2D eigenvalue weighted by Gasteiger charge is -2.07. The molecule has 1 aromatic carbocycles. The molecule has 5 nitrogen and oxygen atoms in total. The lowest BCUT2D eigenvalue weighted by molar-refractivity contribution is -0.116. The molecule has 0 bridgehead atoms. The lowest BCUT2D eigenvalue weighted by Crippen LogP contribution is -2.26. The number of H-pyrrole nitrogens is 1. The van der Waals surface area contributed by atoms with Gasteiger partial charge in [-0.15, -0.1) is 0 Å². The highest BCUT2D eigenvalue weighted by Gasteiger charge is 2.06. The number of nitrogens with one attached hydrogen (secondary N) is 2. The minimum absolute atomic E-state index is 0.170. The van der Waals surface area contributed by atoms with E-state index in [1.54, 1.807) is 13.2 Å². The Kier molecular flexibility index (Phi) is 5.36. The van der Waals surface area contributed by atoms with Gasteiger partial charge in [0.2, 0.25) is 5.91 Å². The van der Waals surface area contributed by atoms with Crippen molar-refractivity contribution in [3.8, 4) is 5.75 Å². The first-order valence-electron chi connectivity index (χ1n) is 7.29. The van der Waals surface area contributed by atoms with Gasteiger partial charge in [0.25, 0.3) is 5.56 Å². The van der Waals surface area contributed by atoms with Crippen molar-refractivity contribution in [2.45, 2.75) is 20.4 Å². The molecule has 2 N–H and O–H groups in total. The van der Waals surface area contributed by atoms with E-state index in [4.69, 9.17) is 4.74 Å². The van der Waals surface area contributed by atoms with Crippen LogP contribution in [0.15, 0.2) is 41.2 Å². The Balaban J connectivity index is 2.03. The number of aromatic amines is 1. The van der Waals surface area contributed by atoms with Crippen LogP contribution in [0.3, 0.4) is 0 Å². The molecule has 0 radical (unpaired) electrons. The fourth-order valence-corrected chi connectivity index (χ4v) is 2.31. The Labute approximate surface area is 135 Å². The zero-order valence-electron chi connectivity index (χ0n) is 13.5. The molecule has 0 saturated carbocycles. The van der Waals surface area contributed by atoms with Crippen LogP contribution in [-0.4, -0.2) is 18.0 Å². The first kappa shape index (κ1) is 16.5. The smallest absolute Gasteiger partial charge is 0.253 e. The standard InChI is InChI=1S/C18H20N2O3/c1-12-10-13(2)20-18(22)15(12)11-19-17(21)9-8-14-6-4-5-7-16(14)23-3/h4-10H,11H2,1-3H3,(H,19,21)(H,20,22)/b9-8+. The van der Waals surface area contributed by atoms with Crippen LogP contribution < -0.4 is 15.6 Å². The summed E-state index contributed by atoms with van der Waals surface area (Å²) in [5, 5.41) is 2.72. The van der Waals surface area contributed by atoms with Crippen molar-refractivity contribution >= 4 is 12.0 Å². The Hall–Kier alpha value is -2.82. The van der Waals surface area contributed by atoms with Crippen molar-refractivity contribution in [2.24, 2.45) is 0 Å². The number of aryl methyl sites for hydroxylation is 2. The van der Waals surface area contributed by atoms with Crippen LogP contribution in [-0.2, 0) is 11.3 Å². The molecule has 2 rings (SSSR count). The predicted octanol–water partition coefficient (Wildman–Crippen LogP) is 2.33. The predicted molar refractivity (Wildman–Crippen MR) is 90.4 cm³/mol. The van der Waals surface area contributed by atoms with Crippen molar-refractivity contribution < 1.29 is 9.53 Å². The number of rotatable bonds is 5. The second-order valence-corrected chi connectivity index (χ2v) is 5.24. The number of carbonyl (C=O) groups excluding carboxylic acids is 1. The minimum Gasteiger partial charge on any atom is -0.496 e. The van der Waals surface area contributed by atoms with E-state index in [0.29, 0.717) is 11.3 Å². The second kappa shape index (κ2) is 7.45. The highest BCUT2D eigenvalue weighted by Crippen LogP contribution is 2.18. The maximum absolute atomic E-state index is 11.9. The third-order valence-electron chi connectivity index (χ3n) is 3.49. The quantitative estimate of drug-likeness (QED) is 0.832. The molecule has 1 aromatic heterocycles. The summed E-state index contributed by atoms with van der Waals surface area (Å²) in [6, 6.07) is 9.30. The number of pyridine rings is 1. The molecule has 0 saturated heterocycles. The van der Waals surface area contributed by atoms with Crippen LogP contribution >= 0.6 is 0 Å². The molecule has 23 heavy (non-hydrogen) atoms. The van der Waals surface area contributed by atoms with E-state index in [9.17, 15) is 9.59 Å². The fourth-order valence-electron chi connectivity index (χ4n) is 2.31. The number of carbonyl (C=O) groups is 1. The molecule has 5 heteroatoms. The zero-order valence-corrected chi connectivity index (χ0v) is 13.5. The molecular formula is C18H20N2O3. The van der Waals surface area contributed by atoms with Crippen LogP contribution in [0.25, 0.3) is 6.08 Å². The minimum atomic E-state index is -0.268. The molecule has 120 valence electrons. The van der Waals surface area contributed by atoms with E-state index >= 15 is 0 Å². The van der Waals surface area contributed by atoms with E-state index in [1.807, 2.05) is 44.2 Å². The number of amides is 1. The molecule has 0 atom stereocenters. The molecular weight excluding hydrogens is 292 g/mol. The Morgan fingerprint density at radius 1 is 1.30 bits per heavy atom. The average molecular weight is 312 g/mol. The van der Waals surface area contributed by atoms with Crippen LogP contribution in [0.5, 0.6) is 5.75 Å². The molecule has 2 aromatic rings. The third-order valence-corrected chi connectivity index (χ3v) is 3.49.